The Labute approximate surface area is 103 Å². The molecule has 0 aromatic heterocycles. The zero-order chi connectivity index (χ0) is 11.6. The van der Waals surface area contributed by atoms with Gasteiger partial charge in [0.15, 0.2) is 0 Å². The molecule has 1 aromatic rings. The van der Waals surface area contributed by atoms with E-state index in [0.717, 1.165) is 10.2 Å². The number of rotatable bonds is 1. The van der Waals surface area contributed by atoms with Crippen molar-refractivity contribution >= 4 is 15.9 Å². The Bertz CT molecular complexity index is 509. The molecule has 2 heterocycles. The third kappa shape index (κ3) is 1.05. The Morgan fingerprint density at radius 2 is 1.88 bits per heavy atom. The maximum atomic E-state index is 6.10. The maximum absolute atomic E-state index is 6.10. The zero-order valence-corrected chi connectivity index (χ0v) is 11.1. The molecule has 0 spiro atoms. The molecule has 2 unspecified atom stereocenters. The molecule has 2 atom stereocenters. The second-order valence-corrected chi connectivity index (χ2v) is 5.45. The lowest BCUT2D eigenvalue weighted by Crippen LogP contribution is -2.17. The van der Waals surface area contributed by atoms with Crippen molar-refractivity contribution in [2.75, 3.05) is 7.11 Å². The lowest BCUT2D eigenvalue weighted by molar-refractivity contribution is -0.0497. The molecule has 16 heavy (non-hydrogen) atoms. The number of halogens is 1. The highest BCUT2D eigenvalue weighted by atomic mass is 79.9. The first-order valence-electron chi connectivity index (χ1n) is 5.28. The molecule has 0 amide bonds. The minimum Gasteiger partial charge on any atom is -0.496 e. The van der Waals surface area contributed by atoms with E-state index in [4.69, 9.17) is 9.47 Å². The minimum atomic E-state index is -0.322. The predicted molar refractivity (Wildman–Crippen MR) is 65.6 cm³/mol. The molecule has 3 heteroatoms. The van der Waals surface area contributed by atoms with E-state index in [1.54, 1.807) is 7.11 Å². The highest BCUT2D eigenvalue weighted by Gasteiger charge is 2.52. The van der Waals surface area contributed by atoms with Crippen LogP contribution in [0.25, 0.3) is 0 Å². The van der Waals surface area contributed by atoms with Crippen molar-refractivity contribution in [1.82, 2.24) is 0 Å². The highest BCUT2D eigenvalue weighted by Crippen LogP contribution is 2.57. The molecule has 0 radical (unpaired) electrons. The first-order chi connectivity index (χ1) is 7.50. The summed E-state index contributed by atoms with van der Waals surface area (Å²) in [5, 5.41) is 0. The number of hydrogen-bond acceptors (Lipinski definition) is 2. The van der Waals surface area contributed by atoms with E-state index in [0.29, 0.717) is 0 Å². The van der Waals surface area contributed by atoms with Gasteiger partial charge in [-0.15, -0.1) is 0 Å². The maximum Gasteiger partial charge on any atom is 0.133 e. The average molecular weight is 281 g/mol. The van der Waals surface area contributed by atoms with Gasteiger partial charge in [-0.25, -0.2) is 0 Å². The standard InChI is InChI=1S/C13H13BrO2/c1-12-6-7-13(2,16-12)10-8(12)4-5-9(15-3)11(10)14/h4-7H,1-3H3. The van der Waals surface area contributed by atoms with Crippen LogP contribution < -0.4 is 4.74 Å². The SMILES string of the molecule is COc1ccc2c(c1Br)C1(C)C=CC2(C)O1. The summed E-state index contributed by atoms with van der Waals surface area (Å²) in [4.78, 5) is 0. The van der Waals surface area contributed by atoms with E-state index < -0.39 is 0 Å². The van der Waals surface area contributed by atoms with Crippen LogP contribution in [0.2, 0.25) is 0 Å². The topological polar surface area (TPSA) is 18.5 Å². The Morgan fingerprint density at radius 1 is 1.19 bits per heavy atom. The van der Waals surface area contributed by atoms with Crippen LogP contribution in [0.1, 0.15) is 25.0 Å². The van der Waals surface area contributed by atoms with Gasteiger partial charge in [-0.1, -0.05) is 6.07 Å². The zero-order valence-electron chi connectivity index (χ0n) is 9.50. The van der Waals surface area contributed by atoms with Gasteiger partial charge in [0, 0.05) is 5.56 Å². The molecular weight excluding hydrogens is 268 g/mol. The van der Waals surface area contributed by atoms with Gasteiger partial charge in [0.1, 0.15) is 17.0 Å². The van der Waals surface area contributed by atoms with Crippen LogP contribution in [0, 0.1) is 0 Å². The summed E-state index contributed by atoms with van der Waals surface area (Å²) in [5.74, 6) is 0.855. The molecule has 0 fully saturated rings. The molecule has 1 aromatic carbocycles. The summed E-state index contributed by atoms with van der Waals surface area (Å²) >= 11 is 3.61. The number of fused-ring (bicyclic) bond motifs is 5. The lowest BCUT2D eigenvalue weighted by atomic mass is 9.83. The van der Waals surface area contributed by atoms with Crippen LogP contribution in [0.5, 0.6) is 5.75 Å². The van der Waals surface area contributed by atoms with Gasteiger partial charge in [-0.2, -0.15) is 0 Å². The van der Waals surface area contributed by atoms with Crippen LogP contribution in [-0.4, -0.2) is 7.11 Å². The third-order valence-corrected chi connectivity index (χ3v) is 4.29. The van der Waals surface area contributed by atoms with Gasteiger partial charge in [0.25, 0.3) is 0 Å². The first kappa shape index (κ1) is 10.4. The van der Waals surface area contributed by atoms with E-state index in [1.165, 1.54) is 11.1 Å². The molecule has 0 saturated heterocycles. The minimum absolute atomic E-state index is 0.279. The summed E-state index contributed by atoms with van der Waals surface area (Å²) in [6.07, 6.45) is 4.26. The number of ether oxygens (including phenoxy) is 2. The number of hydrogen-bond donors (Lipinski definition) is 0. The average Bonchev–Trinajstić information content (AvgIpc) is 2.66. The molecule has 0 saturated carbocycles. The second-order valence-electron chi connectivity index (χ2n) is 4.65. The van der Waals surface area contributed by atoms with Gasteiger partial charge >= 0.3 is 0 Å². The van der Waals surface area contributed by atoms with E-state index in [2.05, 4.69) is 48.0 Å². The van der Waals surface area contributed by atoms with Gasteiger partial charge in [0.2, 0.25) is 0 Å². The normalized spacial score (nSPS) is 34.2. The summed E-state index contributed by atoms with van der Waals surface area (Å²) in [7, 11) is 1.68. The molecule has 0 N–H and O–H groups in total. The van der Waals surface area contributed by atoms with E-state index in [-0.39, 0.29) is 11.2 Å². The fourth-order valence-corrected chi connectivity index (χ4v) is 3.62. The molecule has 2 aliphatic rings. The van der Waals surface area contributed by atoms with Crippen molar-refractivity contribution in [2.45, 2.75) is 25.0 Å². The summed E-state index contributed by atoms with van der Waals surface area (Å²) in [5.41, 5.74) is 1.82. The third-order valence-electron chi connectivity index (χ3n) is 3.50. The van der Waals surface area contributed by atoms with Crippen molar-refractivity contribution in [3.05, 3.63) is 39.9 Å². The van der Waals surface area contributed by atoms with Crippen molar-refractivity contribution in [1.29, 1.82) is 0 Å². The van der Waals surface area contributed by atoms with Crippen molar-refractivity contribution in [3.63, 3.8) is 0 Å². The van der Waals surface area contributed by atoms with Crippen LogP contribution in [0.3, 0.4) is 0 Å². The number of methoxy groups -OCH3 is 1. The molecule has 2 nitrogen and oxygen atoms in total. The summed E-state index contributed by atoms with van der Waals surface area (Å²) < 4.78 is 12.4. The van der Waals surface area contributed by atoms with Crippen LogP contribution in [0.15, 0.2) is 28.8 Å². The lowest BCUT2D eigenvalue weighted by Gasteiger charge is -2.20. The summed E-state index contributed by atoms with van der Waals surface area (Å²) in [6, 6.07) is 4.07. The Morgan fingerprint density at radius 3 is 2.56 bits per heavy atom. The predicted octanol–water partition coefficient (Wildman–Crippen LogP) is 3.49. The van der Waals surface area contributed by atoms with Crippen LogP contribution >= 0.6 is 15.9 Å². The molecule has 3 rings (SSSR count). The molecule has 84 valence electrons. The van der Waals surface area contributed by atoms with Crippen molar-refractivity contribution < 1.29 is 9.47 Å². The summed E-state index contributed by atoms with van der Waals surface area (Å²) in [6.45, 7) is 4.18. The van der Waals surface area contributed by atoms with Gasteiger partial charge in [-0.3, -0.25) is 0 Å². The monoisotopic (exact) mass is 280 g/mol. The van der Waals surface area contributed by atoms with Gasteiger partial charge in [-0.05, 0) is 53.6 Å². The fraction of sp³-hybridized carbons (Fsp3) is 0.385. The molecular formula is C13H13BrO2. The van der Waals surface area contributed by atoms with E-state index in [9.17, 15) is 0 Å². The van der Waals surface area contributed by atoms with E-state index >= 15 is 0 Å². The second kappa shape index (κ2) is 2.90. The highest BCUT2D eigenvalue weighted by molar-refractivity contribution is 9.10. The van der Waals surface area contributed by atoms with Gasteiger partial charge < -0.3 is 9.47 Å². The Hall–Kier alpha value is -0.800. The Balaban J connectivity index is 2.32. The molecule has 0 aliphatic carbocycles. The first-order valence-corrected chi connectivity index (χ1v) is 6.07. The largest absolute Gasteiger partial charge is 0.496 e. The van der Waals surface area contributed by atoms with Crippen LogP contribution in [0.4, 0.5) is 0 Å². The quantitative estimate of drug-likeness (QED) is 0.734. The van der Waals surface area contributed by atoms with Crippen LogP contribution in [-0.2, 0) is 15.9 Å². The molecule has 2 aliphatic heterocycles. The van der Waals surface area contributed by atoms with Gasteiger partial charge in [0.05, 0.1) is 11.6 Å². The Kier molecular flexibility index (Phi) is 1.88. The smallest absolute Gasteiger partial charge is 0.133 e. The number of benzene rings is 1. The van der Waals surface area contributed by atoms with Crippen molar-refractivity contribution in [3.8, 4) is 5.75 Å². The van der Waals surface area contributed by atoms with E-state index in [1.807, 2.05) is 6.07 Å². The fourth-order valence-electron chi connectivity index (χ4n) is 2.72. The molecule has 2 bridgehead atoms. The van der Waals surface area contributed by atoms with Crippen molar-refractivity contribution in [2.24, 2.45) is 0 Å².